The van der Waals surface area contributed by atoms with Gasteiger partial charge < -0.3 is 5.32 Å². The lowest BCUT2D eigenvalue weighted by Gasteiger charge is -2.30. The third-order valence-corrected chi connectivity index (χ3v) is 4.89. The Bertz CT molecular complexity index is 756. The first-order valence-electron chi connectivity index (χ1n) is 8.05. The molecule has 0 bridgehead atoms. The van der Waals surface area contributed by atoms with Crippen LogP contribution in [0, 0.1) is 5.92 Å². The van der Waals surface area contributed by atoms with Crippen LogP contribution in [0.15, 0.2) is 33.4 Å². The van der Waals surface area contributed by atoms with E-state index in [-0.39, 0.29) is 37.5 Å². The van der Waals surface area contributed by atoms with E-state index in [1.807, 2.05) is 12.1 Å². The summed E-state index contributed by atoms with van der Waals surface area (Å²) < 4.78 is 43.6. The van der Waals surface area contributed by atoms with Crippen LogP contribution in [0.5, 0.6) is 0 Å². The predicted molar refractivity (Wildman–Crippen MR) is 91.4 cm³/mol. The summed E-state index contributed by atoms with van der Waals surface area (Å²) in [5, 5.41) is 12.7. The van der Waals surface area contributed by atoms with Gasteiger partial charge >= 0.3 is 12.2 Å². The molecule has 1 heterocycles. The van der Waals surface area contributed by atoms with Crippen LogP contribution in [0.2, 0.25) is 0 Å². The topological polar surface area (TPSA) is 80.1 Å². The van der Waals surface area contributed by atoms with Crippen molar-refractivity contribution in [1.82, 2.24) is 15.6 Å². The third-order valence-electron chi connectivity index (χ3n) is 4.36. The summed E-state index contributed by atoms with van der Waals surface area (Å²) in [6.07, 6.45) is -3.56. The van der Waals surface area contributed by atoms with Crippen molar-refractivity contribution in [1.29, 1.82) is 0 Å². The molecule has 3 rings (SSSR count). The van der Waals surface area contributed by atoms with Gasteiger partial charge in [0, 0.05) is 16.1 Å². The molecule has 10 heteroatoms. The van der Waals surface area contributed by atoms with Crippen molar-refractivity contribution in [2.75, 3.05) is 5.32 Å². The molecule has 0 saturated heterocycles. The maximum absolute atomic E-state index is 12.7. The summed E-state index contributed by atoms with van der Waals surface area (Å²) in [5.41, 5.74) is 1.07. The van der Waals surface area contributed by atoms with Gasteiger partial charge in [0.25, 0.3) is 0 Å². The molecule has 0 unspecified atom stereocenters. The second-order valence-electron chi connectivity index (χ2n) is 6.16. The quantitative estimate of drug-likeness (QED) is 0.733. The Morgan fingerprint density at radius 3 is 2.38 bits per heavy atom. The fourth-order valence-corrected chi connectivity index (χ4v) is 3.23. The number of hydrogen-bond acceptors (Lipinski definition) is 4. The zero-order chi connectivity index (χ0) is 18.7. The Morgan fingerprint density at radius 2 is 1.77 bits per heavy atom. The zero-order valence-corrected chi connectivity index (χ0v) is 15.1. The standard InChI is InChI=1S/C16H16BrF3N4O2/c17-11-5-1-9(2-6-11)13-14(24-26-23-13)22-15(25)21-12-7-3-10(4-8-12)16(18,19)20/h1-2,5-6,10,12H,3-4,7-8H2,(H2,21,22,24,25). The van der Waals surface area contributed by atoms with Crippen molar-refractivity contribution in [3.05, 3.63) is 28.7 Å². The molecule has 2 amide bonds. The van der Waals surface area contributed by atoms with E-state index in [1.54, 1.807) is 12.1 Å². The average Bonchev–Trinajstić information content (AvgIpc) is 3.03. The van der Waals surface area contributed by atoms with Gasteiger partial charge in [0.2, 0.25) is 5.82 Å². The Hall–Kier alpha value is -2.10. The van der Waals surface area contributed by atoms with Crippen molar-refractivity contribution >= 4 is 27.8 Å². The lowest BCUT2D eigenvalue weighted by Crippen LogP contribution is -2.42. The number of carbonyl (C=O) groups excluding carboxylic acids is 1. The Balaban J connectivity index is 1.57. The van der Waals surface area contributed by atoms with E-state index in [0.29, 0.717) is 11.3 Å². The van der Waals surface area contributed by atoms with Crippen molar-refractivity contribution in [3.8, 4) is 11.3 Å². The van der Waals surface area contributed by atoms with Crippen molar-refractivity contribution in [3.63, 3.8) is 0 Å². The molecule has 1 aliphatic carbocycles. The van der Waals surface area contributed by atoms with Crippen LogP contribution in [0.4, 0.5) is 23.8 Å². The number of carbonyl (C=O) groups is 1. The number of nitrogens with zero attached hydrogens (tertiary/aromatic N) is 2. The minimum Gasteiger partial charge on any atom is -0.335 e. The van der Waals surface area contributed by atoms with Crippen molar-refractivity contribution in [2.45, 2.75) is 37.9 Å². The minimum absolute atomic E-state index is 0.0180. The molecule has 0 aliphatic heterocycles. The first-order chi connectivity index (χ1) is 12.3. The molecule has 1 aromatic heterocycles. The first-order valence-corrected chi connectivity index (χ1v) is 8.85. The van der Waals surface area contributed by atoms with Gasteiger partial charge in [0.15, 0.2) is 5.69 Å². The average molecular weight is 433 g/mol. The minimum atomic E-state index is -4.17. The fraction of sp³-hybridized carbons (Fsp3) is 0.438. The molecule has 2 N–H and O–H groups in total. The monoisotopic (exact) mass is 432 g/mol. The van der Waals surface area contributed by atoms with Crippen LogP contribution in [-0.2, 0) is 0 Å². The Morgan fingerprint density at radius 1 is 1.12 bits per heavy atom. The molecule has 2 aromatic rings. The number of benzene rings is 1. The van der Waals surface area contributed by atoms with Gasteiger partial charge in [-0.25, -0.2) is 9.42 Å². The normalized spacial score (nSPS) is 20.6. The maximum Gasteiger partial charge on any atom is 0.391 e. The summed E-state index contributed by atoms with van der Waals surface area (Å²) in [6.45, 7) is 0. The van der Waals surface area contributed by atoms with E-state index in [4.69, 9.17) is 4.63 Å². The van der Waals surface area contributed by atoms with Gasteiger partial charge in [0.05, 0.1) is 5.92 Å². The first kappa shape index (κ1) is 18.7. The SMILES string of the molecule is O=C(Nc1nonc1-c1ccc(Br)cc1)NC1CCC(C(F)(F)F)CC1. The Kier molecular flexibility index (Phi) is 5.49. The van der Waals surface area contributed by atoms with Crippen LogP contribution >= 0.6 is 15.9 Å². The molecule has 1 aromatic carbocycles. The summed E-state index contributed by atoms with van der Waals surface area (Å²) in [7, 11) is 0. The number of rotatable bonds is 3. The summed E-state index contributed by atoms with van der Waals surface area (Å²) in [5.74, 6) is -1.14. The van der Waals surface area contributed by atoms with E-state index in [9.17, 15) is 18.0 Å². The molecule has 0 atom stereocenters. The molecule has 6 nitrogen and oxygen atoms in total. The maximum atomic E-state index is 12.7. The van der Waals surface area contributed by atoms with E-state index < -0.39 is 18.1 Å². The number of hydrogen-bond donors (Lipinski definition) is 2. The number of halogens is 4. The number of urea groups is 1. The summed E-state index contributed by atoms with van der Waals surface area (Å²) in [4.78, 5) is 12.1. The molecule has 0 radical (unpaired) electrons. The molecule has 140 valence electrons. The smallest absolute Gasteiger partial charge is 0.335 e. The third kappa shape index (κ3) is 4.54. The van der Waals surface area contributed by atoms with Crippen LogP contribution in [0.25, 0.3) is 11.3 Å². The summed E-state index contributed by atoms with van der Waals surface area (Å²) >= 11 is 3.33. The molecular formula is C16H16BrF3N4O2. The van der Waals surface area contributed by atoms with E-state index in [1.165, 1.54) is 0 Å². The number of anilines is 1. The molecule has 0 spiro atoms. The highest BCUT2D eigenvalue weighted by Gasteiger charge is 2.41. The molecule has 1 aliphatic rings. The van der Waals surface area contributed by atoms with Crippen LogP contribution in [0.3, 0.4) is 0 Å². The van der Waals surface area contributed by atoms with Crippen LogP contribution < -0.4 is 10.6 Å². The molecule has 26 heavy (non-hydrogen) atoms. The molecular weight excluding hydrogens is 417 g/mol. The number of alkyl halides is 3. The van der Waals surface area contributed by atoms with E-state index in [2.05, 4.69) is 36.9 Å². The highest BCUT2D eigenvalue weighted by atomic mass is 79.9. The summed E-state index contributed by atoms with van der Waals surface area (Å²) in [6, 6.07) is 6.34. The van der Waals surface area contributed by atoms with Crippen LogP contribution in [0.1, 0.15) is 25.7 Å². The van der Waals surface area contributed by atoms with Crippen LogP contribution in [-0.4, -0.2) is 28.6 Å². The highest BCUT2D eigenvalue weighted by molar-refractivity contribution is 9.10. The van der Waals surface area contributed by atoms with E-state index in [0.717, 1.165) is 4.47 Å². The largest absolute Gasteiger partial charge is 0.391 e. The molecule has 1 fully saturated rings. The number of nitrogens with one attached hydrogen (secondary N) is 2. The van der Waals surface area contributed by atoms with Gasteiger partial charge in [-0.3, -0.25) is 5.32 Å². The fourth-order valence-electron chi connectivity index (χ4n) is 2.96. The van der Waals surface area contributed by atoms with Gasteiger partial charge in [-0.1, -0.05) is 28.1 Å². The number of amides is 2. The predicted octanol–water partition coefficient (Wildman–Crippen LogP) is 4.74. The van der Waals surface area contributed by atoms with Gasteiger partial charge in [-0.2, -0.15) is 13.2 Å². The van der Waals surface area contributed by atoms with Gasteiger partial charge in [-0.15, -0.1) is 0 Å². The number of aromatic nitrogens is 2. The van der Waals surface area contributed by atoms with Crippen molar-refractivity contribution in [2.24, 2.45) is 5.92 Å². The second kappa shape index (κ2) is 7.65. The second-order valence-corrected chi connectivity index (χ2v) is 7.07. The lowest BCUT2D eigenvalue weighted by molar-refractivity contribution is -0.182. The van der Waals surface area contributed by atoms with Gasteiger partial charge in [0.1, 0.15) is 0 Å². The van der Waals surface area contributed by atoms with Crippen molar-refractivity contribution < 1.29 is 22.6 Å². The highest BCUT2D eigenvalue weighted by Crippen LogP contribution is 2.37. The van der Waals surface area contributed by atoms with Gasteiger partial charge in [-0.05, 0) is 48.1 Å². The van der Waals surface area contributed by atoms with E-state index >= 15 is 0 Å². The zero-order valence-electron chi connectivity index (χ0n) is 13.5. The Labute approximate surface area is 155 Å². The molecule has 1 saturated carbocycles. The lowest BCUT2D eigenvalue weighted by atomic mass is 9.86.